The van der Waals surface area contributed by atoms with Crippen molar-refractivity contribution in [2.24, 2.45) is 0 Å². The van der Waals surface area contributed by atoms with E-state index in [9.17, 15) is 24.1 Å². The number of nitrogens with zero attached hydrogens (tertiary/aromatic N) is 2. The fourth-order valence-electron chi connectivity index (χ4n) is 2.55. The Bertz CT molecular complexity index is 915. The predicted octanol–water partition coefficient (Wildman–Crippen LogP) is 2.87. The van der Waals surface area contributed by atoms with Gasteiger partial charge in [-0.1, -0.05) is 18.2 Å². The Kier molecular flexibility index (Phi) is 6.64. The van der Waals surface area contributed by atoms with E-state index in [2.05, 4.69) is 0 Å². The quantitative estimate of drug-likeness (QED) is 0.410. The minimum Gasteiger partial charge on any atom is -0.494 e. The zero-order valence-electron chi connectivity index (χ0n) is 15.6. The van der Waals surface area contributed by atoms with E-state index in [1.165, 1.54) is 56.3 Å². The number of hydrogen-bond donors (Lipinski definition) is 0. The van der Waals surface area contributed by atoms with Gasteiger partial charge in [0.05, 0.1) is 12.0 Å². The van der Waals surface area contributed by atoms with Gasteiger partial charge in [-0.3, -0.25) is 14.9 Å². The number of nitro groups is 1. The van der Waals surface area contributed by atoms with E-state index in [4.69, 9.17) is 9.47 Å². The molecule has 1 amide bonds. The summed E-state index contributed by atoms with van der Waals surface area (Å²) in [6.07, 6.45) is 0. The molecule has 0 N–H and O–H groups in total. The zero-order chi connectivity index (χ0) is 20.8. The second-order valence-corrected chi connectivity index (χ2v) is 6.02. The summed E-state index contributed by atoms with van der Waals surface area (Å²) in [6, 6.07) is 8.55. The van der Waals surface area contributed by atoms with E-state index in [0.717, 1.165) is 0 Å². The number of carbonyl (C=O) groups is 2. The second-order valence-electron chi connectivity index (χ2n) is 6.02. The number of ether oxygens (including phenoxy) is 2. The molecule has 28 heavy (non-hydrogen) atoms. The monoisotopic (exact) mass is 390 g/mol. The molecule has 2 aromatic rings. The molecule has 2 aromatic carbocycles. The summed E-state index contributed by atoms with van der Waals surface area (Å²) in [6.45, 7) is 0.989. The van der Waals surface area contributed by atoms with Gasteiger partial charge >= 0.3 is 5.97 Å². The molecule has 0 aliphatic heterocycles. The molecule has 0 aliphatic carbocycles. The molecule has 0 radical (unpaired) electrons. The SMILES string of the molecule is COc1ccc(CN(C)C(=O)COC(=O)c2cccc(C)c2[N+](=O)[O-])cc1F. The fourth-order valence-corrected chi connectivity index (χ4v) is 2.55. The third-order valence-electron chi connectivity index (χ3n) is 4.03. The highest BCUT2D eigenvalue weighted by molar-refractivity contribution is 5.95. The zero-order valence-corrected chi connectivity index (χ0v) is 15.6. The molecular formula is C19H19FN2O6. The van der Waals surface area contributed by atoms with Crippen molar-refractivity contribution in [3.8, 4) is 5.75 Å². The first-order valence-corrected chi connectivity index (χ1v) is 8.22. The standard InChI is InChI=1S/C19H19FN2O6/c1-12-5-4-6-14(18(12)22(25)26)19(24)28-11-17(23)21(2)10-13-7-8-16(27-3)15(20)9-13/h4-9H,10-11H2,1-3H3. The minimum absolute atomic E-state index is 0.0852. The summed E-state index contributed by atoms with van der Waals surface area (Å²) in [5.74, 6) is -1.97. The number of esters is 1. The van der Waals surface area contributed by atoms with Crippen LogP contribution in [0.5, 0.6) is 5.75 Å². The van der Waals surface area contributed by atoms with Gasteiger partial charge in [-0.2, -0.15) is 0 Å². The van der Waals surface area contributed by atoms with Crippen LogP contribution in [-0.4, -0.2) is 42.5 Å². The number of benzene rings is 2. The van der Waals surface area contributed by atoms with Gasteiger partial charge in [0.2, 0.25) is 0 Å². The summed E-state index contributed by atoms with van der Waals surface area (Å²) in [5.41, 5.74) is 0.249. The lowest BCUT2D eigenvalue weighted by Crippen LogP contribution is -2.31. The van der Waals surface area contributed by atoms with Gasteiger partial charge < -0.3 is 14.4 Å². The van der Waals surface area contributed by atoms with Crippen LogP contribution < -0.4 is 4.74 Å². The number of aryl methyl sites for hydroxylation is 1. The number of methoxy groups -OCH3 is 1. The first-order chi connectivity index (χ1) is 13.2. The largest absolute Gasteiger partial charge is 0.494 e. The molecule has 0 fully saturated rings. The van der Waals surface area contributed by atoms with Crippen LogP contribution in [-0.2, 0) is 16.1 Å². The van der Waals surface area contributed by atoms with Crippen molar-refractivity contribution in [2.45, 2.75) is 13.5 Å². The summed E-state index contributed by atoms with van der Waals surface area (Å²) >= 11 is 0. The summed E-state index contributed by atoms with van der Waals surface area (Å²) in [5, 5.41) is 11.2. The van der Waals surface area contributed by atoms with Crippen molar-refractivity contribution in [1.29, 1.82) is 0 Å². The Morgan fingerprint density at radius 1 is 1.25 bits per heavy atom. The molecule has 0 atom stereocenters. The highest BCUT2D eigenvalue weighted by atomic mass is 19.1. The average molecular weight is 390 g/mol. The van der Waals surface area contributed by atoms with Crippen molar-refractivity contribution < 1.29 is 28.4 Å². The summed E-state index contributed by atoms with van der Waals surface area (Å²) in [4.78, 5) is 36.1. The van der Waals surface area contributed by atoms with Gasteiger partial charge in [0.25, 0.3) is 11.6 Å². The van der Waals surface area contributed by atoms with Crippen LogP contribution in [0.3, 0.4) is 0 Å². The van der Waals surface area contributed by atoms with Gasteiger partial charge in [0.1, 0.15) is 5.56 Å². The number of amides is 1. The molecule has 0 saturated carbocycles. The molecular weight excluding hydrogens is 371 g/mol. The van der Waals surface area contributed by atoms with E-state index < -0.39 is 29.2 Å². The van der Waals surface area contributed by atoms with Gasteiger partial charge in [-0.25, -0.2) is 9.18 Å². The maximum atomic E-state index is 13.7. The Morgan fingerprint density at radius 3 is 2.57 bits per heavy atom. The van der Waals surface area contributed by atoms with Gasteiger partial charge in [-0.15, -0.1) is 0 Å². The Hall–Kier alpha value is -3.49. The van der Waals surface area contributed by atoms with Crippen LogP contribution in [0, 0.1) is 22.9 Å². The van der Waals surface area contributed by atoms with E-state index in [1.54, 1.807) is 6.07 Å². The molecule has 0 heterocycles. The minimum atomic E-state index is -0.965. The third kappa shape index (κ3) is 4.81. The molecule has 8 nitrogen and oxygen atoms in total. The number of rotatable bonds is 7. The van der Waals surface area contributed by atoms with Crippen LogP contribution in [0.4, 0.5) is 10.1 Å². The molecule has 9 heteroatoms. The molecule has 0 aliphatic rings. The third-order valence-corrected chi connectivity index (χ3v) is 4.03. The number of para-hydroxylation sites is 1. The van der Waals surface area contributed by atoms with Gasteiger partial charge in [0.15, 0.2) is 18.2 Å². The summed E-state index contributed by atoms with van der Waals surface area (Å²) in [7, 11) is 2.81. The van der Waals surface area contributed by atoms with Crippen molar-refractivity contribution in [3.05, 3.63) is 69.0 Å². The van der Waals surface area contributed by atoms with Crippen LogP contribution in [0.25, 0.3) is 0 Å². The lowest BCUT2D eigenvalue weighted by Gasteiger charge is -2.17. The van der Waals surface area contributed by atoms with Crippen molar-refractivity contribution in [3.63, 3.8) is 0 Å². The van der Waals surface area contributed by atoms with Crippen LogP contribution in [0.2, 0.25) is 0 Å². The number of likely N-dealkylation sites (N-methyl/N-ethyl adjacent to an activating group) is 1. The Labute approximate surface area is 160 Å². The van der Waals surface area contributed by atoms with E-state index in [0.29, 0.717) is 11.1 Å². The highest BCUT2D eigenvalue weighted by Gasteiger charge is 2.24. The molecule has 0 spiro atoms. The molecule has 0 saturated heterocycles. The molecule has 0 bridgehead atoms. The van der Waals surface area contributed by atoms with Crippen LogP contribution in [0.1, 0.15) is 21.5 Å². The molecule has 2 rings (SSSR count). The second kappa shape index (κ2) is 8.94. The molecule has 148 valence electrons. The van der Waals surface area contributed by atoms with Crippen molar-refractivity contribution >= 4 is 17.6 Å². The van der Waals surface area contributed by atoms with Crippen LogP contribution in [0.15, 0.2) is 36.4 Å². The van der Waals surface area contributed by atoms with E-state index in [1.807, 2.05) is 0 Å². The first-order valence-electron chi connectivity index (χ1n) is 8.22. The maximum absolute atomic E-state index is 13.7. The van der Waals surface area contributed by atoms with Gasteiger partial charge in [-0.05, 0) is 30.7 Å². The number of hydrogen-bond acceptors (Lipinski definition) is 6. The van der Waals surface area contributed by atoms with Crippen molar-refractivity contribution in [2.75, 3.05) is 20.8 Å². The topological polar surface area (TPSA) is 99.0 Å². The smallest absolute Gasteiger partial charge is 0.345 e. The normalized spacial score (nSPS) is 10.3. The number of halogens is 1. The predicted molar refractivity (Wildman–Crippen MR) is 97.5 cm³/mol. The average Bonchev–Trinajstić information content (AvgIpc) is 2.65. The van der Waals surface area contributed by atoms with E-state index >= 15 is 0 Å². The lowest BCUT2D eigenvalue weighted by molar-refractivity contribution is -0.385. The summed E-state index contributed by atoms with van der Waals surface area (Å²) < 4.78 is 23.5. The maximum Gasteiger partial charge on any atom is 0.345 e. The van der Waals surface area contributed by atoms with Gasteiger partial charge in [0, 0.05) is 19.2 Å². The van der Waals surface area contributed by atoms with E-state index in [-0.39, 0.29) is 23.5 Å². The number of nitro benzene ring substituents is 1. The van der Waals surface area contributed by atoms with Crippen LogP contribution >= 0.6 is 0 Å². The first kappa shape index (κ1) is 20.8. The van der Waals surface area contributed by atoms with Crippen molar-refractivity contribution in [1.82, 2.24) is 4.90 Å². The highest BCUT2D eigenvalue weighted by Crippen LogP contribution is 2.24. The Balaban J connectivity index is 2.00. The molecule has 0 unspecified atom stereocenters. The lowest BCUT2D eigenvalue weighted by atomic mass is 10.1. The number of carbonyl (C=O) groups excluding carboxylic acids is 2. The fraction of sp³-hybridized carbons (Fsp3) is 0.263. The molecule has 0 aromatic heterocycles. The Morgan fingerprint density at radius 2 is 1.96 bits per heavy atom.